The van der Waals surface area contributed by atoms with Crippen molar-refractivity contribution < 1.29 is 9.90 Å². The van der Waals surface area contributed by atoms with Crippen LogP contribution < -0.4 is 10.6 Å². The van der Waals surface area contributed by atoms with Crippen molar-refractivity contribution in [2.75, 3.05) is 38.7 Å². The molecule has 1 aliphatic rings. The smallest absolute Gasteiger partial charge is 0.321 e. The number of likely N-dealkylation sites (tertiary alicyclic amines) is 1. The summed E-state index contributed by atoms with van der Waals surface area (Å²) in [6, 6.07) is 15.0. The first kappa shape index (κ1) is 31.8. The lowest BCUT2D eigenvalue weighted by Crippen LogP contribution is -2.44. The second-order valence-electron chi connectivity index (χ2n) is 10.0. The van der Waals surface area contributed by atoms with Crippen molar-refractivity contribution in [3.63, 3.8) is 0 Å². The first-order valence-corrected chi connectivity index (χ1v) is 14.9. The molecule has 1 fully saturated rings. The lowest BCUT2D eigenvalue weighted by atomic mass is 9.98. The van der Waals surface area contributed by atoms with Crippen molar-refractivity contribution in [3.8, 4) is 5.75 Å². The highest BCUT2D eigenvalue weighted by molar-refractivity contribution is 7.43. The number of allylic oxidation sites excluding steroid dienone is 5. The summed E-state index contributed by atoms with van der Waals surface area (Å²) in [5.74, 6) is 0.622. The number of hydrogen-bond acceptors (Lipinski definition) is 4. The number of benzene rings is 2. The Labute approximate surface area is 236 Å². The number of aryl methyl sites for hydroxylation is 1. The molecule has 1 saturated heterocycles. The molecule has 3 N–H and O–H groups in total. The minimum atomic E-state index is -0.0332. The van der Waals surface area contributed by atoms with Gasteiger partial charge in [0.2, 0.25) is 0 Å². The van der Waals surface area contributed by atoms with E-state index < -0.39 is 0 Å². The minimum Gasteiger partial charge on any atom is -0.507 e. The van der Waals surface area contributed by atoms with E-state index in [9.17, 15) is 9.90 Å². The number of amides is 2. The summed E-state index contributed by atoms with van der Waals surface area (Å²) in [5.41, 5.74) is 5.79. The van der Waals surface area contributed by atoms with Gasteiger partial charge in [-0.05, 0) is 87.8 Å². The number of urea groups is 1. The summed E-state index contributed by atoms with van der Waals surface area (Å²) < 4.78 is 0. The molecule has 2 unspecified atom stereocenters. The Hall–Kier alpha value is -3.37. The van der Waals surface area contributed by atoms with E-state index in [2.05, 4.69) is 42.7 Å². The molecule has 0 bridgehead atoms. The molecule has 0 aromatic heterocycles. The molecular weight excluding hydrogens is 503 g/mol. The number of aliphatic imine (C=N–C) groups is 1. The Morgan fingerprint density at radius 1 is 1.18 bits per heavy atom. The normalized spacial score (nSPS) is 15.6. The standard InChI is InChI=1S/C25H31N3O2.C7H14NP/c1-18-9-4-6-12-23(18)27-25(30)28-14-8-10-21(17-28)16-26-20(3)15-19(2)22-11-5-7-13-24(22)29;1-6(2)7(9-4)5-8-3/h4-7,9,11-13,15,21,26,29H,2,8,10,14,16-17H2,1,3H3,(H,27,30);5,9H,1-4H3/b20-15+;. The number of piperidine rings is 1. The average molecular weight is 549 g/mol. The zero-order valence-corrected chi connectivity index (χ0v) is 25.3. The van der Waals surface area contributed by atoms with Crippen LogP contribution in [0.3, 0.4) is 0 Å². The molecule has 7 heteroatoms. The van der Waals surface area contributed by atoms with Gasteiger partial charge in [0.05, 0.1) is 0 Å². The number of nitrogens with zero attached hydrogens (tertiary/aromatic N) is 2. The molecule has 2 atom stereocenters. The van der Waals surface area contributed by atoms with Gasteiger partial charge >= 0.3 is 6.03 Å². The van der Waals surface area contributed by atoms with Crippen molar-refractivity contribution in [2.24, 2.45) is 10.9 Å². The first-order valence-electron chi connectivity index (χ1n) is 13.4. The quantitative estimate of drug-likeness (QED) is 0.182. The van der Waals surface area contributed by atoms with Crippen molar-refractivity contribution in [2.45, 2.75) is 40.5 Å². The monoisotopic (exact) mass is 548 g/mol. The fourth-order valence-electron chi connectivity index (χ4n) is 4.34. The van der Waals surface area contributed by atoms with E-state index in [1.165, 1.54) is 10.9 Å². The van der Waals surface area contributed by atoms with Gasteiger partial charge in [-0.15, -0.1) is 0 Å². The summed E-state index contributed by atoms with van der Waals surface area (Å²) in [4.78, 5) is 18.5. The van der Waals surface area contributed by atoms with Gasteiger partial charge in [0.1, 0.15) is 5.75 Å². The van der Waals surface area contributed by atoms with Gasteiger partial charge < -0.3 is 20.6 Å². The Balaban J connectivity index is 0.000000510. The number of para-hydroxylation sites is 2. The molecule has 3 rings (SSSR count). The Morgan fingerprint density at radius 3 is 2.49 bits per heavy atom. The van der Waals surface area contributed by atoms with Crippen molar-refractivity contribution >= 4 is 32.1 Å². The number of carbonyl (C=O) groups excluding carboxylic acids is 1. The molecule has 39 heavy (non-hydrogen) atoms. The van der Waals surface area contributed by atoms with Crippen molar-refractivity contribution in [1.82, 2.24) is 10.2 Å². The molecule has 2 aromatic carbocycles. The maximum Gasteiger partial charge on any atom is 0.321 e. The van der Waals surface area contributed by atoms with Crippen LogP contribution in [0.25, 0.3) is 5.57 Å². The van der Waals surface area contributed by atoms with Crippen LogP contribution in [0.4, 0.5) is 10.5 Å². The van der Waals surface area contributed by atoms with Crippen LogP contribution in [0.2, 0.25) is 0 Å². The molecular formula is C32H45N4O2P. The molecule has 1 aliphatic heterocycles. The van der Waals surface area contributed by atoms with Gasteiger partial charge in [0.25, 0.3) is 0 Å². The maximum atomic E-state index is 12.7. The third kappa shape index (κ3) is 10.7. The summed E-state index contributed by atoms with van der Waals surface area (Å²) in [7, 11) is 2.67. The summed E-state index contributed by atoms with van der Waals surface area (Å²) in [6.45, 7) is 16.8. The Bertz CT molecular complexity index is 1200. The number of anilines is 1. The van der Waals surface area contributed by atoms with E-state index in [0.29, 0.717) is 5.92 Å². The number of rotatable bonds is 8. The summed E-state index contributed by atoms with van der Waals surface area (Å²) >= 11 is 0. The van der Waals surface area contributed by atoms with E-state index in [0.717, 1.165) is 69.1 Å². The highest BCUT2D eigenvalue weighted by Crippen LogP contribution is 2.25. The number of carbonyl (C=O) groups is 1. The second kappa shape index (κ2) is 16.6. The highest BCUT2D eigenvalue weighted by atomic mass is 31.1. The van der Waals surface area contributed by atoms with Gasteiger partial charge in [-0.2, -0.15) is 0 Å². The zero-order valence-electron chi connectivity index (χ0n) is 24.3. The van der Waals surface area contributed by atoms with Crippen LogP contribution in [0.5, 0.6) is 5.75 Å². The lowest BCUT2D eigenvalue weighted by Gasteiger charge is -2.33. The Morgan fingerprint density at radius 2 is 1.87 bits per heavy atom. The predicted octanol–water partition coefficient (Wildman–Crippen LogP) is 7.44. The second-order valence-corrected chi connectivity index (χ2v) is 11.0. The fraction of sp³-hybridized carbons (Fsp3) is 0.375. The van der Waals surface area contributed by atoms with Gasteiger partial charge in [-0.1, -0.05) is 57.1 Å². The van der Waals surface area contributed by atoms with Crippen LogP contribution in [0.15, 0.2) is 82.8 Å². The third-order valence-electron chi connectivity index (χ3n) is 6.57. The fourth-order valence-corrected chi connectivity index (χ4v) is 5.10. The number of aromatic hydroxyl groups is 1. The minimum absolute atomic E-state index is 0.0332. The number of hydrogen-bond donors (Lipinski definition) is 3. The average Bonchev–Trinajstić information content (AvgIpc) is 2.92. The molecule has 6 nitrogen and oxygen atoms in total. The maximum absolute atomic E-state index is 12.7. The highest BCUT2D eigenvalue weighted by Gasteiger charge is 2.23. The summed E-state index contributed by atoms with van der Waals surface area (Å²) in [5, 5.41) is 17.8. The van der Waals surface area contributed by atoms with E-state index in [1.807, 2.05) is 74.5 Å². The molecule has 2 aromatic rings. The molecule has 1 heterocycles. The number of phenolic OH excluding ortho intramolecular Hbond substituents is 1. The van der Waals surface area contributed by atoms with Crippen LogP contribution in [0, 0.1) is 12.8 Å². The SMILES string of the molecule is C=C(/C=C(\C)NCC1CCCN(C(=O)Nc2ccccc2C)C1)c1ccccc1O.CN=CC(PC)=C(C)C. The number of phenols is 1. The van der Waals surface area contributed by atoms with E-state index in [4.69, 9.17) is 0 Å². The van der Waals surface area contributed by atoms with Gasteiger partial charge in [-0.25, -0.2) is 4.79 Å². The topological polar surface area (TPSA) is 77.0 Å². The largest absolute Gasteiger partial charge is 0.507 e. The van der Waals surface area contributed by atoms with Crippen LogP contribution in [-0.4, -0.2) is 55.6 Å². The predicted molar refractivity (Wildman–Crippen MR) is 170 cm³/mol. The number of nitrogens with one attached hydrogen (secondary N) is 2. The van der Waals surface area contributed by atoms with E-state index >= 15 is 0 Å². The third-order valence-corrected chi connectivity index (χ3v) is 7.74. The Kier molecular flexibility index (Phi) is 13.5. The van der Waals surface area contributed by atoms with Crippen molar-refractivity contribution in [3.05, 3.63) is 88.9 Å². The molecule has 0 spiro atoms. The molecule has 0 aliphatic carbocycles. The van der Waals surface area contributed by atoms with Crippen molar-refractivity contribution in [1.29, 1.82) is 0 Å². The molecule has 210 valence electrons. The lowest BCUT2D eigenvalue weighted by molar-refractivity contribution is 0.177. The van der Waals surface area contributed by atoms with Gasteiger partial charge in [0.15, 0.2) is 0 Å². The van der Waals surface area contributed by atoms with E-state index in [1.54, 1.807) is 12.1 Å². The van der Waals surface area contributed by atoms with Crippen LogP contribution in [-0.2, 0) is 0 Å². The summed E-state index contributed by atoms with van der Waals surface area (Å²) in [6.07, 6.45) is 5.98. The van der Waals surface area contributed by atoms with E-state index in [-0.39, 0.29) is 11.8 Å². The molecule has 0 saturated carbocycles. The van der Waals surface area contributed by atoms with Crippen LogP contribution >= 0.6 is 8.58 Å². The molecule has 2 amide bonds. The van der Waals surface area contributed by atoms with Gasteiger partial charge in [0, 0.05) is 49.8 Å². The van der Waals surface area contributed by atoms with Gasteiger partial charge in [-0.3, -0.25) is 4.99 Å². The molecule has 0 radical (unpaired) electrons. The van der Waals surface area contributed by atoms with Crippen LogP contribution in [0.1, 0.15) is 44.7 Å². The zero-order chi connectivity index (χ0) is 28.8. The first-order chi connectivity index (χ1) is 18.7.